The monoisotopic (exact) mass is 281 g/mol. The van der Waals surface area contributed by atoms with Gasteiger partial charge in [0.05, 0.1) is 5.60 Å². The molecule has 4 aliphatic rings. The summed E-state index contributed by atoms with van der Waals surface area (Å²) in [7, 11) is 0. The van der Waals surface area contributed by atoms with Crippen LogP contribution in [0.5, 0.6) is 0 Å². The standard InChI is InChI=1S/C16H27NO3/c1-14(2,3)20-13(18)17-16-7-10-5-11(8-16)15(4,19)12(6-10)9-16/h10-12,19H,5-9H2,1-4H3,(H,17,18). The van der Waals surface area contributed by atoms with Gasteiger partial charge >= 0.3 is 6.09 Å². The molecule has 4 heteroatoms. The molecule has 20 heavy (non-hydrogen) atoms. The van der Waals surface area contributed by atoms with Crippen LogP contribution >= 0.6 is 0 Å². The van der Waals surface area contributed by atoms with Crippen LogP contribution in [0.25, 0.3) is 0 Å². The summed E-state index contributed by atoms with van der Waals surface area (Å²) in [6, 6.07) is 0. The highest BCUT2D eigenvalue weighted by Crippen LogP contribution is 2.59. The van der Waals surface area contributed by atoms with Crippen LogP contribution in [0.1, 0.15) is 59.8 Å². The fourth-order valence-corrected chi connectivity index (χ4v) is 4.88. The lowest BCUT2D eigenvalue weighted by Crippen LogP contribution is -2.67. The second kappa shape index (κ2) is 4.12. The molecule has 0 radical (unpaired) electrons. The SMILES string of the molecule is CC(C)(C)OC(=O)NC12CC3CC(C1)C(C)(O)C(C3)C2. The molecule has 2 unspecified atom stereocenters. The van der Waals surface area contributed by atoms with Gasteiger partial charge in [-0.1, -0.05) is 0 Å². The van der Waals surface area contributed by atoms with Gasteiger partial charge in [0.2, 0.25) is 0 Å². The lowest BCUT2D eigenvalue weighted by atomic mass is 9.47. The average Bonchev–Trinajstić information content (AvgIpc) is 2.21. The molecule has 2 N–H and O–H groups in total. The van der Waals surface area contributed by atoms with Gasteiger partial charge in [0.15, 0.2) is 0 Å². The largest absolute Gasteiger partial charge is 0.444 e. The Hall–Kier alpha value is -0.770. The molecule has 0 aromatic carbocycles. The van der Waals surface area contributed by atoms with Crippen molar-refractivity contribution in [3.8, 4) is 0 Å². The normalized spacial score (nSPS) is 46.4. The zero-order chi connectivity index (χ0) is 14.8. The maximum absolute atomic E-state index is 12.1. The number of nitrogens with one attached hydrogen (secondary N) is 1. The third-order valence-corrected chi connectivity index (χ3v) is 5.61. The maximum Gasteiger partial charge on any atom is 0.408 e. The van der Waals surface area contributed by atoms with E-state index in [2.05, 4.69) is 5.32 Å². The van der Waals surface area contributed by atoms with Crippen LogP contribution in [0.4, 0.5) is 4.79 Å². The number of amides is 1. The molecule has 2 atom stereocenters. The smallest absolute Gasteiger partial charge is 0.408 e. The van der Waals surface area contributed by atoms with Gasteiger partial charge in [0, 0.05) is 5.54 Å². The van der Waals surface area contributed by atoms with Crippen LogP contribution in [0, 0.1) is 17.8 Å². The minimum Gasteiger partial charge on any atom is -0.444 e. The molecule has 4 rings (SSSR count). The quantitative estimate of drug-likeness (QED) is 0.777. The Morgan fingerprint density at radius 1 is 1.20 bits per heavy atom. The third kappa shape index (κ3) is 2.32. The summed E-state index contributed by atoms with van der Waals surface area (Å²) >= 11 is 0. The molecule has 0 spiro atoms. The highest BCUT2D eigenvalue weighted by Gasteiger charge is 2.60. The molecule has 0 aromatic rings. The van der Waals surface area contributed by atoms with Gasteiger partial charge in [-0.3, -0.25) is 0 Å². The molecule has 1 amide bonds. The molecule has 0 aromatic heterocycles. The number of aliphatic hydroxyl groups is 1. The number of ether oxygens (including phenoxy) is 1. The lowest BCUT2D eigenvalue weighted by molar-refractivity contribution is -0.173. The second-order valence-electron chi connectivity index (χ2n) is 8.48. The zero-order valence-electron chi connectivity index (χ0n) is 13.0. The van der Waals surface area contributed by atoms with E-state index in [1.807, 2.05) is 27.7 Å². The number of carbonyl (C=O) groups is 1. The molecule has 4 saturated carbocycles. The third-order valence-electron chi connectivity index (χ3n) is 5.61. The number of carbonyl (C=O) groups excluding carboxylic acids is 1. The van der Waals surface area contributed by atoms with E-state index in [1.54, 1.807) is 0 Å². The Morgan fingerprint density at radius 2 is 1.75 bits per heavy atom. The van der Waals surface area contributed by atoms with E-state index in [1.165, 1.54) is 0 Å². The Morgan fingerprint density at radius 3 is 2.25 bits per heavy atom. The van der Waals surface area contributed by atoms with Crippen molar-refractivity contribution >= 4 is 6.09 Å². The van der Waals surface area contributed by atoms with E-state index >= 15 is 0 Å². The average molecular weight is 281 g/mol. The fraction of sp³-hybridized carbons (Fsp3) is 0.938. The van der Waals surface area contributed by atoms with Crippen molar-refractivity contribution in [1.82, 2.24) is 5.32 Å². The first kappa shape index (κ1) is 14.2. The van der Waals surface area contributed by atoms with Crippen molar-refractivity contribution in [2.24, 2.45) is 17.8 Å². The first-order chi connectivity index (χ1) is 9.10. The lowest BCUT2D eigenvalue weighted by Gasteiger charge is -2.62. The minimum atomic E-state index is -0.546. The van der Waals surface area contributed by atoms with Gasteiger partial charge in [-0.25, -0.2) is 4.79 Å². The highest BCUT2D eigenvalue weighted by atomic mass is 16.6. The number of rotatable bonds is 1. The highest BCUT2D eigenvalue weighted by molar-refractivity contribution is 5.69. The van der Waals surface area contributed by atoms with E-state index in [-0.39, 0.29) is 11.6 Å². The number of hydrogen-bond donors (Lipinski definition) is 2. The second-order valence-corrected chi connectivity index (χ2v) is 8.48. The summed E-state index contributed by atoms with van der Waals surface area (Å²) < 4.78 is 5.42. The first-order valence-corrected chi connectivity index (χ1v) is 7.83. The molecule has 4 aliphatic carbocycles. The van der Waals surface area contributed by atoms with Crippen molar-refractivity contribution in [3.05, 3.63) is 0 Å². The maximum atomic E-state index is 12.1. The predicted molar refractivity (Wildman–Crippen MR) is 76.3 cm³/mol. The van der Waals surface area contributed by atoms with E-state index in [0.29, 0.717) is 17.8 Å². The van der Waals surface area contributed by atoms with Crippen LogP contribution in [0.2, 0.25) is 0 Å². The number of alkyl carbamates (subject to hydrolysis) is 1. The Labute approximate surface area is 121 Å². The van der Waals surface area contributed by atoms with Gasteiger partial charge in [-0.15, -0.1) is 0 Å². The topological polar surface area (TPSA) is 58.6 Å². The molecular formula is C16H27NO3. The Bertz CT molecular complexity index is 406. The molecular weight excluding hydrogens is 254 g/mol. The van der Waals surface area contributed by atoms with Crippen molar-refractivity contribution in [2.45, 2.75) is 76.5 Å². The fourth-order valence-electron chi connectivity index (χ4n) is 4.88. The van der Waals surface area contributed by atoms with E-state index in [9.17, 15) is 9.90 Å². The first-order valence-electron chi connectivity index (χ1n) is 7.83. The van der Waals surface area contributed by atoms with E-state index < -0.39 is 11.2 Å². The van der Waals surface area contributed by atoms with Gasteiger partial charge < -0.3 is 15.2 Å². The summed E-state index contributed by atoms with van der Waals surface area (Å²) in [6.45, 7) is 7.65. The van der Waals surface area contributed by atoms with Crippen molar-refractivity contribution in [1.29, 1.82) is 0 Å². The molecule has 114 valence electrons. The van der Waals surface area contributed by atoms with Crippen molar-refractivity contribution in [2.75, 3.05) is 0 Å². The summed E-state index contributed by atoms with van der Waals surface area (Å²) in [4.78, 5) is 12.1. The van der Waals surface area contributed by atoms with Crippen LogP contribution < -0.4 is 5.32 Å². The summed E-state index contributed by atoms with van der Waals surface area (Å²) in [5.74, 6) is 1.30. The van der Waals surface area contributed by atoms with Crippen molar-refractivity contribution < 1.29 is 14.6 Å². The van der Waals surface area contributed by atoms with Crippen LogP contribution in [-0.4, -0.2) is 27.9 Å². The molecule has 0 saturated heterocycles. The van der Waals surface area contributed by atoms with Gasteiger partial charge in [-0.05, 0) is 77.6 Å². The Balaban J connectivity index is 1.73. The minimum absolute atomic E-state index is 0.138. The zero-order valence-corrected chi connectivity index (χ0v) is 13.0. The predicted octanol–water partition coefficient (Wildman–Crippen LogP) is 2.84. The van der Waals surface area contributed by atoms with Gasteiger partial charge in [-0.2, -0.15) is 0 Å². The van der Waals surface area contributed by atoms with Crippen molar-refractivity contribution in [3.63, 3.8) is 0 Å². The van der Waals surface area contributed by atoms with Crippen LogP contribution in [0.15, 0.2) is 0 Å². The summed E-state index contributed by atoms with van der Waals surface area (Å²) in [5, 5.41) is 13.8. The number of hydrogen-bond acceptors (Lipinski definition) is 3. The molecule has 4 bridgehead atoms. The molecule has 0 heterocycles. The van der Waals surface area contributed by atoms with Crippen LogP contribution in [-0.2, 0) is 4.74 Å². The summed E-state index contributed by atoms with van der Waals surface area (Å²) in [5.41, 5.74) is -1.14. The summed E-state index contributed by atoms with van der Waals surface area (Å²) in [6.07, 6.45) is 4.76. The van der Waals surface area contributed by atoms with Crippen LogP contribution in [0.3, 0.4) is 0 Å². The molecule has 0 aliphatic heterocycles. The molecule has 4 nitrogen and oxygen atoms in total. The van der Waals surface area contributed by atoms with Gasteiger partial charge in [0.25, 0.3) is 0 Å². The Kier molecular flexibility index (Phi) is 2.92. The van der Waals surface area contributed by atoms with Gasteiger partial charge in [0.1, 0.15) is 5.60 Å². The van der Waals surface area contributed by atoms with E-state index in [4.69, 9.17) is 4.74 Å². The molecule has 4 fully saturated rings. The van der Waals surface area contributed by atoms with E-state index in [0.717, 1.165) is 32.1 Å².